The fraction of sp³-hybridized carbons (Fsp3) is 0.250. The van der Waals surface area contributed by atoms with E-state index in [4.69, 9.17) is 9.26 Å². The van der Waals surface area contributed by atoms with Crippen LogP contribution in [0.3, 0.4) is 0 Å². The van der Waals surface area contributed by atoms with Gasteiger partial charge in [-0.25, -0.2) is 0 Å². The van der Waals surface area contributed by atoms with Crippen molar-refractivity contribution in [3.05, 3.63) is 47.3 Å². The van der Waals surface area contributed by atoms with Crippen molar-refractivity contribution >= 4 is 34.7 Å². The van der Waals surface area contributed by atoms with E-state index < -0.39 is 5.92 Å². The normalized spacial score (nSPS) is 16.4. The minimum atomic E-state index is -0.452. The first kappa shape index (κ1) is 18.2. The first-order chi connectivity index (χ1) is 13.5. The molecule has 7 nitrogen and oxygen atoms in total. The van der Waals surface area contributed by atoms with Crippen LogP contribution >= 0.6 is 11.3 Å². The Morgan fingerprint density at radius 2 is 2.07 bits per heavy atom. The lowest BCUT2D eigenvalue weighted by molar-refractivity contribution is -0.122. The van der Waals surface area contributed by atoms with Gasteiger partial charge in [0.15, 0.2) is 0 Å². The van der Waals surface area contributed by atoms with Crippen LogP contribution in [0.5, 0.6) is 5.75 Å². The van der Waals surface area contributed by atoms with Gasteiger partial charge in [0.25, 0.3) is 0 Å². The molecule has 1 unspecified atom stereocenters. The summed E-state index contributed by atoms with van der Waals surface area (Å²) in [6.07, 6.45) is 0.156. The van der Waals surface area contributed by atoms with E-state index in [1.54, 1.807) is 41.5 Å². The number of hydrogen-bond donors (Lipinski definition) is 1. The van der Waals surface area contributed by atoms with E-state index in [1.165, 1.54) is 4.88 Å². The predicted octanol–water partition coefficient (Wildman–Crippen LogP) is 3.71. The van der Waals surface area contributed by atoms with Crippen LogP contribution in [-0.2, 0) is 9.59 Å². The topological polar surface area (TPSA) is 84.7 Å². The van der Waals surface area contributed by atoms with Gasteiger partial charge >= 0.3 is 0 Å². The zero-order chi connectivity index (χ0) is 19.7. The van der Waals surface area contributed by atoms with Crippen LogP contribution in [0.2, 0.25) is 0 Å². The fourth-order valence-electron chi connectivity index (χ4n) is 3.14. The molecule has 0 saturated carbocycles. The van der Waals surface area contributed by atoms with Crippen molar-refractivity contribution in [3.63, 3.8) is 0 Å². The molecule has 0 radical (unpaired) electrons. The zero-order valence-corrected chi connectivity index (χ0v) is 16.3. The molecule has 1 aliphatic heterocycles. The summed E-state index contributed by atoms with van der Waals surface area (Å²) in [6, 6.07) is 12.9. The molecule has 2 amide bonds. The van der Waals surface area contributed by atoms with Crippen LogP contribution < -0.4 is 15.0 Å². The van der Waals surface area contributed by atoms with E-state index in [1.807, 2.05) is 31.2 Å². The van der Waals surface area contributed by atoms with Crippen molar-refractivity contribution < 1.29 is 18.8 Å². The first-order valence-electron chi connectivity index (χ1n) is 8.82. The van der Waals surface area contributed by atoms with Crippen molar-refractivity contribution in [2.45, 2.75) is 13.3 Å². The summed E-state index contributed by atoms with van der Waals surface area (Å²) in [5, 5.41) is 6.73. The molecule has 1 saturated heterocycles. The Morgan fingerprint density at radius 3 is 2.75 bits per heavy atom. The molecule has 1 atom stereocenters. The van der Waals surface area contributed by atoms with Gasteiger partial charge in [-0.3, -0.25) is 14.9 Å². The third-order valence-corrected chi connectivity index (χ3v) is 5.65. The van der Waals surface area contributed by atoms with Crippen LogP contribution in [0.1, 0.15) is 11.3 Å². The number of thiophene rings is 1. The highest BCUT2D eigenvalue weighted by atomic mass is 32.1. The number of carbonyl (C=O) groups excluding carboxylic acids is 2. The van der Waals surface area contributed by atoms with E-state index in [2.05, 4.69) is 10.5 Å². The van der Waals surface area contributed by atoms with E-state index in [9.17, 15) is 9.59 Å². The number of carbonyl (C=O) groups is 2. The number of nitrogens with zero attached hydrogens (tertiary/aromatic N) is 2. The number of anilines is 2. The van der Waals surface area contributed by atoms with Crippen LogP contribution in [0.25, 0.3) is 10.6 Å². The fourth-order valence-corrected chi connectivity index (χ4v) is 3.96. The predicted molar refractivity (Wildman–Crippen MR) is 107 cm³/mol. The second-order valence-corrected chi connectivity index (χ2v) is 7.87. The maximum Gasteiger partial charge on any atom is 0.232 e. The third kappa shape index (κ3) is 3.63. The molecule has 28 heavy (non-hydrogen) atoms. The Morgan fingerprint density at radius 1 is 1.29 bits per heavy atom. The van der Waals surface area contributed by atoms with Gasteiger partial charge in [-0.15, -0.1) is 11.3 Å². The monoisotopic (exact) mass is 397 g/mol. The van der Waals surface area contributed by atoms with Crippen LogP contribution in [-0.4, -0.2) is 30.6 Å². The van der Waals surface area contributed by atoms with Crippen molar-refractivity contribution in [3.8, 4) is 16.3 Å². The van der Waals surface area contributed by atoms with Crippen molar-refractivity contribution in [2.75, 3.05) is 23.9 Å². The Balaban J connectivity index is 1.41. The lowest BCUT2D eigenvalue weighted by Gasteiger charge is -2.16. The summed E-state index contributed by atoms with van der Waals surface area (Å²) in [4.78, 5) is 28.7. The summed E-state index contributed by atoms with van der Waals surface area (Å²) in [5.41, 5.74) is 1.42. The third-order valence-electron chi connectivity index (χ3n) is 4.63. The second-order valence-electron chi connectivity index (χ2n) is 6.58. The molecule has 3 heterocycles. The minimum Gasteiger partial charge on any atom is -0.497 e. The van der Waals surface area contributed by atoms with Crippen LogP contribution in [0.15, 0.2) is 47.0 Å². The van der Waals surface area contributed by atoms with Gasteiger partial charge in [-0.1, -0.05) is 5.16 Å². The Bertz CT molecular complexity index is 1010. The maximum atomic E-state index is 12.6. The number of aryl methyl sites for hydroxylation is 1. The lowest BCUT2D eigenvalue weighted by Crippen LogP contribution is -2.28. The average Bonchev–Trinajstić information content (AvgIpc) is 3.42. The summed E-state index contributed by atoms with van der Waals surface area (Å²) in [7, 11) is 1.59. The van der Waals surface area contributed by atoms with E-state index >= 15 is 0 Å². The molecule has 0 aliphatic carbocycles. The maximum absolute atomic E-state index is 12.6. The Labute approximate surface area is 165 Å². The molecule has 1 fully saturated rings. The van der Waals surface area contributed by atoms with E-state index in [-0.39, 0.29) is 24.1 Å². The van der Waals surface area contributed by atoms with Gasteiger partial charge in [0.05, 0.1) is 17.9 Å². The standard InChI is InChI=1S/C20H19N3O4S/c1-12-3-8-17(28-12)16-10-18(27-22-16)21-20(25)13-9-19(24)23(11-13)14-4-6-15(26-2)7-5-14/h3-8,10,13H,9,11H2,1-2H3,(H,21,25). The molecule has 144 valence electrons. The van der Waals surface area contributed by atoms with Crippen LogP contribution in [0.4, 0.5) is 11.6 Å². The molecule has 0 spiro atoms. The second kappa shape index (κ2) is 7.47. The molecule has 1 N–H and O–H groups in total. The summed E-state index contributed by atoms with van der Waals surface area (Å²) in [6.45, 7) is 2.34. The zero-order valence-electron chi connectivity index (χ0n) is 15.5. The van der Waals surface area contributed by atoms with Crippen molar-refractivity contribution in [2.24, 2.45) is 5.92 Å². The first-order valence-corrected chi connectivity index (χ1v) is 9.64. The molecule has 1 aromatic carbocycles. The number of benzene rings is 1. The van der Waals surface area contributed by atoms with Gasteiger partial charge < -0.3 is 14.2 Å². The average molecular weight is 397 g/mol. The van der Waals surface area contributed by atoms with Gasteiger partial charge in [0, 0.05) is 29.6 Å². The summed E-state index contributed by atoms with van der Waals surface area (Å²) < 4.78 is 10.4. The molecule has 3 aromatic rings. The molecule has 2 aromatic heterocycles. The number of rotatable bonds is 5. The van der Waals surface area contributed by atoms with E-state index in [0.717, 1.165) is 10.6 Å². The van der Waals surface area contributed by atoms with E-state index in [0.29, 0.717) is 18.0 Å². The molecular formula is C20H19N3O4S. The SMILES string of the molecule is COc1ccc(N2CC(C(=O)Nc3cc(-c4ccc(C)s4)no3)CC2=O)cc1. The van der Waals surface area contributed by atoms with Crippen molar-refractivity contribution in [1.29, 1.82) is 0 Å². The highest BCUT2D eigenvalue weighted by molar-refractivity contribution is 7.15. The summed E-state index contributed by atoms with van der Waals surface area (Å²) in [5.74, 6) is 0.201. The molecule has 8 heteroatoms. The minimum absolute atomic E-state index is 0.0855. The number of amides is 2. The lowest BCUT2D eigenvalue weighted by atomic mass is 10.1. The number of nitrogens with one attached hydrogen (secondary N) is 1. The quantitative estimate of drug-likeness (QED) is 0.709. The number of hydrogen-bond acceptors (Lipinski definition) is 6. The molecule has 4 rings (SSSR count). The highest BCUT2D eigenvalue weighted by Crippen LogP contribution is 2.30. The van der Waals surface area contributed by atoms with Gasteiger partial charge in [0.1, 0.15) is 11.4 Å². The molecule has 0 bridgehead atoms. The number of ether oxygens (including phenoxy) is 1. The number of methoxy groups -OCH3 is 1. The largest absolute Gasteiger partial charge is 0.497 e. The summed E-state index contributed by atoms with van der Waals surface area (Å²) >= 11 is 1.60. The highest BCUT2D eigenvalue weighted by Gasteiger charge is 2.35. The van der Waals surface area contributed by atoms with Crippen molar-refractivity contribution in [1.82, 2.24) is 5.16 Å². The number of aromatic nitrogens is 1. The van der Waals surface area contributed by atoms with Gasteiger partial charge in [0.2, 0.25) is 17.7 Å². The molecule has 1 aliphatic rings. The smallest absolute Gasteiger partial charge is 0.232 e. The Kier molecular flexibility index (Phi) is 4.87. The van der Waals surface area contributed by atoms with Gasteiger partial charge in [-0.2, -0.15) is 0 Å². The Hall–Kier alpha value is -3.13. The van der Waals surface area contributed by atoms with Gasteiger partial charge in [-0.05, 0) is 43.3 Å². The molecular weight excluding hydrogens is 378 g/mol. The van der Waals surface area contributed by atoms with Crippen LogP contribution in [0, 0.1) is 12.8 Å².